The maximum Gasteiger partial charge on any atom is 0.0890 e. The molecule has 5 heteroatoms. The van der Waals surface area contributed by atoms with E-state index in [1.165, 1.54) is 0 Å². The van der Waals surface area contributed by atoms with E-state index in [1.807, 2.05) is 48.7 Å². The molecule has 0 aliphatic heterocycles. The summed E-state index contributed by atoms with van der Waals surface area (Å²) in [7, 11) is 0. The average Bonchev–Trinajstić information content (AvgIpc) is 2.63. The summed E-state index contributed by atoms with van der Waals surface area (Å²) in [5.41, 5.74) is 3.67. The lowest BCUT2D eigenvalue weighted by molar-refractivity contribution is 0.104. The minimum Gasteiger partial charge on any atom is -0.395 e. The summed E-state index contributed by atoms with van der Waals surface area (Å²) in [6.45, 7) is 3.50. The molecule has 0 bridgehead atoms. The highest BCUT2D eigenvalue weighted by atomic mass is 16.3. The first kappa shape index (κ1) is 16.5. The van der Waals surface area contributed by atoms with Crippen LogP contribution in [0.3, 0.4) is 0 Å². The van der Waals surface area contributed by atoms with Gasteiger partial charge in [-0.25, -0.2) is 4.98 Å². The van der Waals surface area contributed by atoms with Crippen molar-refractivity contribution in [3.8, 4) is 0 Å². The van der Waals surface area contributed by atoms with Gasteiger partial charge in [0.05, 0.1) is 35.2 Å². The first-order valence-electron chi connectivity index (χ1n) is 8.25. The molecule has 2 heterocycles. The Bertz CT molecular complexity index is 774. The molecule has 3 aromatic rings. The molecule has 0 spiro atoms. The van der Waals surface area contributed by atoms with Gasteiger partial charge in [-0.15, -0.1) is 0 Å². The highest BCUT2D eigenvalue weighted by molar-refractivity contribution is 5.73. The molecule has 0 aliphatic rings. The number of rotatable bonds is 7. The number of hydrogen-bond donors (Lipinski definition) is 1. The van der Waals surface area contributed by atoms with Crippen molar-refractivity contribution in [1.29, 1.82) is 0 Å². The number of pyridine rings is 1. The van der Waals surface area contributed by atoms with Crippen molar-refractivity contribution in [2.75, 3.05) is 6.61 Å². The van der Waals surface area contributed by atoms with Crippen LogP contribution >= 0.6 is 0 Å². The van der Waals surface area contributed by atoms with Gasteiger partial charge in [-0.1, -0.05) is 25.1 Å². The second-order valence-corrected chi connectivity index (χ2v) is 5.82. The fourth-order valence-corrected chi connectivity index (χ4v) is 2.80. The molecule has 0 unspecified atom stereocenters. The van der Waals surface area contributed by atoms with Crippen LogP contribution in [0.15, 0.2) is 54.9 Å². The lowest BCUT2D eigenvalue weighted by Gasteiger charge is -2.29. The van der Waals surface area contributed by atoms with E-state index >= 15 is 0 Å². The van der Waals surface area contributed by atoms with Crippen molar-refractivity contribution < 1.29 is 5.11 Å². The maximum absolute atomic E-state index is 9.73. The molecule has 0 fully saturated rings. The van der Waals surface area contributed by atoms with Crippen LogP contribution in [0.25, 0.3) is 11.0 Å². The van der Waals surface area contributed by atoms with Gasteiger partial charge < -0.3 is 5.11 Å². The molecule has 0 amide bonds. The first-order valence-corrected chi connectivity index (χ1v) is 8.25. The number of hydrogen-bond acceptors (Lipinski definition) is 5. The molecule has 24 heavy (non-hydrogen) atoms. The molecule has 3 rings (SSSR count). The zero-order chi connectivity index (χ0) is 16.8. The lowest BCUT2D eigenvalue weighted by Crippen LogP contribution is -2.37. The summed E-state index contributed by atoms with van der Waals surface area (Å²) >= 11 is 0. The van der Waals surface area contributed by atoms with Gasteiger partial charge >= 0.3 is 0 Å². The Labute approximate surface area is 142 Å². The smallest absolute Gasteiger partial charge is 0.0890 e. The van der Waals surface area contributed by atoms with E-state index in [1.54, 1.807) is 6.20 Å². The van der Waals surface area contributed by atoms with Crippen LogP contribution in [-0.4, -0.2) is 37.6 Å². The van der Waals surface area contributed by atoms with Gasteiger partial charge in [-0.05, 0) is 30.7 Å². The standard InChI is InChI=1S/C19H22N4O/c1-2-17(14-24)23(12-15-7-5-6-10-20-15)13-16-11-21-18-8-3-4-9-19(18)22-16/h3-11,17,24H,2,12-14H2,1H3/t17-/m1/s1. The van der Waals surface area contributed by atoms with Crippen molar-refractivity contribution in [2.24, 2.45) is 0 Å². The van der Waals surface area contributed by atoms with E-state index < -0.39 is 0 Å². The minimum absolute atomic E-state index is 0.0697. The monoisotopic (exact) mass is 322 g/mol. The number of para-hydroxylation sites is 2. The SMILES string of the molecule is CC[C@H](CO)N(Cc1ccccn1)Cc1cnc2ccccc2n1. The molecule has 5 nitrogen and oxygen atoms in total. The van der Waals surface area contributed by atoms with E-state index in [-0.39, 0.29) is 12.6 Å². The van der Waals surface area contributed by atoms with Crippen LogP contribution in [0.1, 0.15) is 24.7 Å². The summed E-state index contributed by atoms with van der Waals surface area (Å²) in [4.78, 5) is 15.8. The lowest BCUT2D eigenvalue weighted by atomic mass is 10.1. The van der Waals surface area contributed by atoms with Gasteiger partial charge in [0, 0.05) is 25.3 Å². The van der Waals surface area contributed by atoms with Crippen LogP contribution in [0.2, 0.25) is 0 Å². The number of aliphatic hydroxyl groups excluding tert-OH is 1. The Morgan fingerprint density at radius 1 is 0.958 bits per heavy atom. The van der Waals surface area contributed by atoms with E-state index in [2.05, 4.69) is 21.8 Å². The molecular weight excluding hydrogens is 300 g/mol. The largest absolute Gasteiger partial charge is 0.395 e. The third-order valence-electron chi connectivity index (χ3n) is 4.15. The second-order valence-electron chi connectivity index (χ2n) is 5.82. The zero-order valence-corrected chi connectivity index (χ0v) is 13.8. The van der Waals surface area contributed by atoms with Crippen molar-refractivity contribution in [3.63, 3.8) is 0 Å². The maximum atomic E-state index is 9.73. The van der Waals surface area contributed by atoms with Gasteiger partial charge in [0.2, 0.25) is 0 Å². The van der Waals surface area contributed by atoms with E-state index in [9.17, 15) is 5.11 Å². The van der Waals surface area contributed by atoms with Crippen LogP contribution in [-0.2, 0) is 13.1 Å². The molecular formula is C19H22N4O. The number of aliphatic hydroxyl groups is 1. The summed E-state index contributed by atoms with van der Waals surface area (Å²) in [6, 6.07) is 13.8. The number of fused-ring (bicyclic) bond motifs is 1. The molecule has 0 saturated carbocycles. The molecule has 124 valence electrons. The molecule has 1 atom stereocenters. The third-order valence-corrected chi connectivity index (χ3v) is 4.15. The van der Waals surface area contributed by atoms with Gasteiger partial charge in [0.15, 0.2) is 0 Å². The Morgan fingerprint density at radius 3 is 2.42 bits per heavy atom. The predicted octanol–water partition coefficient (Wildman–Crippen LogP) is 2.80. The highest BCUT2D eigenvalue weighted by Crippen LogP contribution is 2.15. The Morgan fingerprint density at radius 2 is 1.71 bits per heavy atom. The van der Waals surface area contributed by atoms with Crippen LogP contribution in [0.5, 0.6) is 0 Å². The van der Waals surface area contributed by atoms with Gasteiger partial charge in [-0.3, -0.25) is 14.9 Å². The summed E-state index contributed by atoms with van der Waals surface area (Å²) < 4.78 is 0. The van der Waals surface area contributed by atoms with Crippen molar-refractivity contribution in [3.05, 3.63) is 66.2 Å². The quantitative estimate of drug-likeness (QED) is 0.725. The minimum atomic E-state index is 0.0697. The fraction of sp³-hybridized carbons (Fsp3) is 0.316. The fourth-order valence-electron chi connectivity index (χ4n) is 2.80. The number of aromatic nitrogens is 3. The normalized spacial score (nSPS) is 12.6. The molecule has 0 radical (unpaired) electrons. The topological polar surface area (TPSA) is 62.1 Å². The van der Waals surface area contributed by atoms with Crippen LogP contribution in [0, 0.1) is 0 Å². The molecule has 0 aliphatic carbocycles. The number of benzene rings is 1. The van der Waals surface area contributed by atoms with E-state index in [0.29, 0.717) is 13.1 Å². The Hall–Kier alpha value is -2.37. The zero-order valence-electron chi connectivity index (χ0n) is 13.8. The number of nitrogens with zero attached hydrogens (tertiary/aromatic N) is 4. The average molecular weight is 322 g/mol. The molecule has 1 aromatic carbocycles. The first-order chi connectivity index (χ1) is 11.8. The molecule has 2 aromatic heterocycles. The van der Waals surface area contributed by atoms with Crippen LogP contribution in [0.4, 0.5) is 0 Å². The predicted molar refractivity (Wildman–Crippen MR) is 94.2 cm³/mol. The Kier molecular flexibility index (Phi) is 5.46. The van der Waals surface area contributed by atoms with Crippen LogP contribution < -0.4 is 0 Å². The van der Waals surface area contributed by atoms with Gasteiger partial charge in [0.25, 0.3) is 0 Å². The Balaban J connectivity index is 1.84. The van der Waals surface area contributed by atoms with E-state index in [0.717, 1.165) is 28.8 Å². The summed E-state index contributed by atoms with van der Waals surface area (Å²) in [5.74, 6) is 0. The van der Waals surface area contributed by atoms with Crippen molar-refractivity contribution >= 4 is 11.0 Å². The summed E-state index contributed by atoms with van der Waals surface area (Å²) in [5, 5.41) is 9.73. The molecule has 0 saturated heterocycles. The second kappa shape index (κ2) is 7.95. The van der Waals surface area contributed by atoms with Gasteiger partial charge in [0.1, 0.15) is 0 Å². The summed E-state index contributed by atoms with van der Waals surface area (Å²) in [6.07, 6.45) is 4.48. The van der Waals surface area contributed by atoms with Gasteiger partial charge in [-0.2, -0.15) is 0 Å². The van der Waals surface area contributed by atoms with Crippen molar-refractivity contribution in [2.45, 2.75) is 32.5 Å². The highest BCUT2D eigenvalue weighted by Gasteiger charge is 2.18. The van der Waals surface area contributed by atoms with E-state index in [4.69, 9.17) is 4.98 Å². The molecule has 1 N–H and O–H groups in total. The van der Waals surface area contributed by atoms with Crippen molar-refractivity contribution in [1.82, 2.24) is 19.9 Å². The third kappa shape index (κ3) is 3.93.